The summed E-state index contributed by atoms with van der Waals surface area (Å²) in [6.45, 7) is 5.84. The lowest BCUT2D eigenvalue weighted by Gasteiger charge is -2.25. The highest BCUT2D eigenvalue weighted by Crippen LogP contribution is 2.24. The van der Waals surface area contributed by atoms with Crippen molar-refractivity contribution in [1.29, 1.82) is 0 Å². The first-order chi connectivity index (χ1) is 7.95. The third-order valence-electron chi connectivity index (χ3n) is 2.51. The van der Waals surface area contributed by atoms with Gasteiger partial charge in [-0.3, -0.25) is 0 Å². The molecule has 1 aromatic heterocycles. The van der Waals surface area contributed by atoms with Gasteiger partial charge in [0.15, 0.2) is 0 Å². The van der Waals surface area contributed by atoms with Gasteiger partial charge in [0, 0.05) is 7.05 Å². The molecule has 0 aromatic carbocycles. The smallest absolute Gasteiger partial charge is 0.239 e. The highest BCUT2D eigenvalue weighted by Gasteiger charge is 2.13. The summed E-state index contributed by atoms with van der Waals surface area (Å²) in [5.74, 6) is 1.17. The van der Waals surface area contributed by atoms with Crippen LogP contribution in [0.5, 0.6) is 5.88 Å². The fourth-order valence-corrected chi connectivity index (χ4v) is 1.30. The zero-order valence-electron chi connectivity index (χ0n) is 10.8. The number of hydrogen-bond acceptors (Lipinski definition) is 5. The standard InChI is InChI=1S/C12H21N3O2/c1-8(2)17-12-10(13)5-6-11(14-12)15(4)9(3)7-16/h5-6,8-9,16H,7,13H2,1-4H3. The molecule has 0 saturated carbocycles. The lowest BCUT2D eigenvalue weighted by atomic mass is 10.3. The van der Waals surface area contributed by atoms with Crippen molar-refractivity contribution in [3.63, 3.8) is 0 Å². The van der Waals surface area contributed by atoms with Gasteiger partial charge < -0.3 is 20.5 Å². The van der Waals surface area contributed by atoms with Crippen LogP contribution in [-0.2, 0) is 0 Å². The molecular weight excluding hydrogens is 218 g/mol. The Labute approximate surface area is 102 Å². The molecule has 96 valence electrons. The number of hydrogen-bond donors (Lipinski definition) is 2. The zero-order valence-corrected chi connectivity index (χ0v) is 10.8. The minimum atomic E-state index is -0.00183. The topological polar surface area (TPSA) is 71.6 Å². The number of nitrogens with zero attached hydrogens (tertiary/aromatic N) is 2. The molecule has 0 aliphatic heterocycles. The summed E-state index contributed by atoms with van der Waals surface area (Å²) in [6.07, 6.45) is 0.0284. The largest absolute Gasteiger partial charge is 0.473 e. The van der Waals surface area contributed by atoms with Crippen molar-refractivity contribution in [2.24, 2.45) is 0 Å². The van der Waals surface area contributed by atoms with E-state index in [-0.39, 0.29) is 18.8 Å². The van der Waals surface area contributed by atoms with Gasteiger partial charge in [-0.25, -0.2) is 0 Å². The van der Waals surface area contributed by atoms with Crippen molar-refractivity contribution in [2.75, 3.05) is 24.3 Å². The third-order valence-corrected chi connectivity index (χ3v) is 2.51. The molecule has 0 radical (unpaired) electrons. The average molecular weight is 239 g/mol. The second-order valence-corrected chi connectivity index (χ2v) is 4.37. The molecule has 0 amide bonds. The number of likely N-dealkylation sites (N-methyl/N-ethyl adjacent to an activating group) is 1. The number of aliphatic hydroxyl groups is 1. The van der Waals surface area contributed by atoms with Crippen molar-refractivity contribution in [2.45, 2.75) is 32.9 Å². The van der Waals surface area contributed by atoms with Crippen molar-refractivity contribution < 1.29 is 9.84 Å². The van der Waals surface area contributed by atoms with Crippen LogP contribution >= 0.6 is 0 Å². The van der Waals surface area contributed by atoms with E-state index in [9.17, 15) is 0 Å². The maximum Gasteiger partial charge on any atom is 0.239 e. The minimum absolute atomic E-state index is 0.00183. The molecule has 1 rings (SSSR count). The maximum absolute atomic E-state index is 9.11. The number of ether oxygens (including phenoxy) is 1. The van der Waals surface area contributed by atoms with E-state index in [1.165, 1.54) is 0 Å². The van der Waals surface area contributed by atoms with E-state index < -0.39 is 0 Å². The summed E-state index contributed by atoms with van der Waals surface area (Å²) in [7, 11) is 1.87. The summed E-state index contributed by atoms with van der Waals surface area (Å²) in [6, 6.07) is 3.58. The quantitative estimate of drug-likeness (QED) is 0.809. The highest BCUT2D eigenvalue weighted by molar-refractivity contribution is 5.54. The molecule has 1 atom stereocenters. The van der Waals surface area contributed by atoms with Gasteiger partial charge in [0.2, 0.25) is 5.88 Å². The summed E-state index contributed by atoms with van der Waals surface area (Å²) in [5.41, 5.74) is 6.31. The van der Waals surface area contributed by atoms with E-state index in [2.05, 4.69) is 4.98 Å². The van der Waals surface area contributed by atoms with Gasteiger partial charge in [-0.15, -0.1) is 0 Å². The Bertz CT molecular complexity index is 369. The number of aliphatic hydroxyl groups excluding tert-OH is 1. The Morgan fingerprint density at radius 1 is 1.41 bits per heavy atom. The predicted molar refractivity (Wildman–Crippen MR) is 69.4 cm³/mol. The van der Waals surface area contributed by atoms with Crippen LogP contribution in [0, 0.1) is 0 Å². The van der Waals surface area contributed by atoms with Gasteiger partial charge in [0.25, 0.3) is 0 Å². The van der Waals surface area contributed by atoms with E-state index in [1.807, 2.05) is 38.8 Å². The molecule has 0 spiro atoms. The number of aromatic nitrogens is 1. The van der Waals surface area contributed by atoms with Crippen LogP contribution in [-0.4, -0.2) is 35.9 Å². The number of rotatable bonds is 5. The van der Waals surface area contributed by atoms with Crippen LogP contribution in [0.1, 0.15) is 20.8 Å². The van der Waals surface area contributed by atoms with Crippen LogP contribution in [0.3, 0.4) is 0 Å². The summed E-state index contributed by atoms with van der Waals surface area (Å²) < 4.78 is 5.52. The van der Waals surface area contributed by atoms with Crippen LogP contribution in [0.2, 0.25) is 0 Å². The van der Waals surface area contributed by atoms with Gasteiger partial charge in [-0.2, -0.15) is 4.98 Å². The third kappa shape index (κ3) is 3.49. The SMILES string of the molecule is CC(C)Oc1nc(N(C)C(C)CO)ccc1N. The van der Waals surface area contributed by atoms with Crippen molar-refractivity contribution in [1.82, 2.24) is 4.98 Å². The molecule has 0 bridgehead atoms. The zero-order chi connectivity index (χ0) is 13.0. The summed E-state index contributed by atoms with van der Waals surface area (Å²) >= 11 is 0. The van der Waals surface area contributed by atoms with Crippen molar-refractivity contribution in [3.05, 3.63) is 12.1 Å². The highest BCUT2D eigenvalue weighted by atomic mass is 16.5. The van der Waals surface area contributed by atoms with Crippen LogP contribution in [0.25, 0.3) is 0 Å². The van der Waals surface area contributed by atoms with Crippen molar-refractivity contribution >= 4 is 11.5 Å². The lowest BCUT2D eigenvalue weighted by Crippen LogP contribution is -2.32. The van der Waals surface area contributed by atoms with Crippen LogP contribution < -0.4 is 15.4 Å². The van der Waals surface area contributed by atoms with E-state index in [0.717, 1.165) is 5.82 Å². The number of nitrogens with two attached hydrogens (primary N) is 1. The van der Waals surface area contributed by atoms with Gasteiger partial charge in [0.1, 0.15) is 5.82 Å². The molecule has 0 saturated heterocycles. The Balaban J connectivity index is 2.95. The van der Waals surface area contributed by atoms with Gasteiger partial charge in [-0.05, 0) is 32.9 Å². The molecule has 1 heterocycles. The summed E-state index contributed by atoms with van der Waals surface area (Å²) in [4.78, 5) is 6.23. The normalized spacial score (nSPS) is 12.6. The molecule has 1 unspecified atom stereocenters. The molecular formula is C12H21N3O2. The number of pyridine rings is 1. The Morgan fingerprint density at radius 3 is 2.59 bits per heavy atom. The van der Waals surface area contributed by atoms with Gasteiger partial charge in [-0.1, -0.05) is 0 Å². The first-order valence-electron chi connectivity index (χ1n) is 5.72. The molecule has 3 N–H and O–H groups in total. The Kier molecular flexibility index (Phi) is 4.57. The number of nitrogen functional groups attached to an aromatic ring is 1. The molecule has 17 heavy (non-hydrogen) atoms. The van der Waals surface area contributed by atoms with E-state index in [1.54, 1.807) is 6.07 Å². The maximum atomic E-state index is 9.11. The Hall–Kier alpha value is -1.49. The van der Waals surface area contributed by atoms with Crippen LogP contribution in [0.15, 0.2) is 12.1 Å². The monoisotopic (exact) mass is 239 g/mol. The first-order valence-corrected chi connectivity index (χ1v) is 5.72. The Morgan fingerprint density at radius 2 is 2.06 bits per heavy atom. The fourth-order valence-electron chi connectivity index (χ4n) is 1.30. The van der Waals surface area contributed by atoms with E-state index in [4.69, 9.17) is 15.6 Å². The molecule has 0 fully saturated rings. The molecule has 5 nitrogen and oxygen atoms in total. The fraction of sp³-hybridized carbons (Fsp3) is 0.583. The predicted octanol–water partition coefficient (Wildman–Crippen LogP) is 1.27. The molecule has 5 heteroatoms. The second kappa shape index (κ2) is 5.72. The first kappa shape index (κ1) is 13.6. The van der Waals surface area contributed by atoms with E-state index >= 15 is 0 Å². The molecule has 1 aromatic rings. The second-order valence-electron chi connectivity index (χ2n) is 4.37. The van der Waals surface area contributed by atoms with Crippen LogP contribution in [0.4, 0.5) is 11.5 Å². The van der Waals surface area contributed by atoms with Gasteiger partial charge in [0.05, 0.1) is 24.4 Å². The number of anilines is 2. The summed E-state index contributed by atoms with van der Waals surface area (Å²) in [5, 5.41) is 9.11. The average Bonchev–Trinajstić information content (AvgIpc) is 2.29. The molecule has 0 aliphatic rings. The van der Waals surface area contributed by atoms with Gasteiger partial charge >= 0.3 is 0 Å². The van der Waals surface area contributed by atoms with E-state index in [0.29, 0.717) is 11.6 Å². The minimum Gasteiger partial charge on any atom is -0.473 e. The van der Waals surface area contributed by atoms with Crippen molar-refractivity contribution in [3.8, 4) is 5.88 Å². The lowest BCUT2D eigenvalue weighted by molar-refractivity contribution is 0.234. The molecule has 0 aliphatic carbocycles.